The molecule has 10 nitrogen and oxygen atoms in total. The first kappa shape index (κ1) is 18.4. The predicted octanol–water partition coefficient (Wildman–Crippen LogP) is 2.58. The van der Waals surface area contributed by atoms with Gasteiger partial charge < -0.3 is 16.0 Å². The number of rotatable bonds is 5. The largest absolute Gasteiger partial charge is 0.351 e. The van der Waals surface area contributed by atoms with E-state index in [1.807, 2.05) is 19.1 Å². The van der Waals surface area contributed by atoms with Crippen molar-refractivity contribution >= 4 is 52.8 Å². The summed E-state index contributed by atoms with van der Waals surface area (Å²) >= 11 is 6.13. The Morgan fingerprint density at radius 3 is 2.80 bits per heavy atom. The summed E-state index contributed by atoms with van der Waals surface area (Å²) < 4.78 is 1.58. The molecule has 11 heteroatoms. The van der Waals surface area contributed by atoms with Crippen molar-refractivity contribution in [3.05, 3.63) is 46.2 Å². The molecule has 2 aliphatic rings. The number of hydrogen-bond donors (Lipinski definition) is 4. The van der Waals surface area contributed by atoms with Gasteiger partial charge in [0.05, 0.1) is 6.20 Å². The van der Waals surface area contributed by atoms with Crippen LogP contribution < -0.4 is 21.3 Å². The maximum Gasteiger partial charge on any atom is 0.326 e. The molecule has 4 N–H and O–H groups in total. The fraction of sp³-hybridized carbons (Fsp3) is 0.211. The number of carbonyl (C=O) groups excluding carboxylic acids is 2. The molecule has 5 rings (SSSR count). The molecular formula is C19H17ClN8O2. The highest BCUT2D eigenvalue weighted by Gasteiger charge is 2.26. The number of halogens is 1. The number of carbonyl (C=O) groups is 2. The molecule has 0 bridgehead atoms. The lowest BCUT2D eigenvalue weighted by molar-refractivity contribution is -0.115. The zero-order valence-electron chi connectivity index (χ0n) is 15.9. The first-order valence-corrected chi connectivity index (χ1v) is 9.73. The number of hydrogen-bond acceptors (Lipinski definition) is 7. The van der Waals surface area contributed by atoms with Crippen LogP contribution in [0.2, 0.25) is 5.02 Å². The summed E-state index contributed by atoms with van der Waals surface area (Å²) in [6, 6.07) is 5.30. The van der Waals surface area contributed by atoms with Crippen LogP contribution in [0.5, 0.6) is 0 Å². The molecule has 2 aromatic heterocycles. The number of nitrogens with zero attached hydrogens (tertiary/aromatic N) is 4. The van der Waals surface area contributed by atoms with Gasteiger partial charge in [0.15, 0.2) is 5.65 Å². The summed E-state index contributed by atoms with van der Waals surface area (Å²) in [6.45, 7) is 1.95. The molecule has 3 aromatic rings. The molecule has 0 spiro atoms. The average Bonchev–Trinajstić information content (AvgIpc) is 3.34. The van der Waals surface area contributed by atoms with Gasteiger partial charge in [-0.15, -0.1) is 0 Å². The molecule has 0 unspecified atom stereocenters. The van der Waals surface area contributed by atoms with E-state index in [0.29, 0.717) is 34.2 Å². The van der Waals surface area contributed by atoms with Crippen LogP contribution in [0.3, 0.4) is 0 Å². The van der Waals surface area contributed by atoms with E-state index in [-0.39, 0.29) is 5.70 Å². The van der Waals surface area contributed by atoms with E-state index >= 15 is 0 Å². The van der Waals surface area contributed by atoms with Crippen LogP contribution in [-0.2, 0) is 4.79 Å². The van der Waals surface area contributed by atoms with E-state index in [0.717, 1.165) is 24.1 Å². The topological polar surface area (TPSA) is 125 Å². The predicted molar refractivity (Wildman–Crippen MR) is 112 cm³/mol. The average molecular weight is 425 g/mol. The number of amides is 3. The lowest BCUT2D eigenvalue weighted by atomic mass is 10.2. The maximum atomic E-state index is 11.9. The molecular weight excluding hydrogens is 408 g/mol. The standard InChI is InChI=1S/C19H17ClN8O2/c1-9-2-3-11(20)7-13(9)23-17-25-15-10(6-14-16(29)26-19(30)24-14)8-21-28(15)18(27-17)22-12-4-5-12/h2-3,6-8,12H,4-5H2,1H3,(H2,22,23,25,27)(H2,24,26,29,30)/b14-6-. The monoisotopic (exact) mass is 424 g/mol. The van der Waals surface area contributed by atoms with Gasteiger partial charge in [-0.05, 0) is 43.5 Å². The number of urea groups is 1. The van der Waals surface area contributed by atoms with Crippen molar-refractivity contribution in [2.45, 2.75) is 25.8 Å². The molecule has 3 amide bonds. The quantitative estimate of drug-likeness (QED) is 0.366. The van der Waals surface area contributed by atoms with Crippen LogP contribution in [0.15, 0.2) is 30.1 Å². The lowest BCUT2D eigenvalue weighted by Crippen LogP contribution is -2.22. The molecule has 1 saturated heterocycles. The fourth-order valence-electron chi connectivity index (χ4n) is 3.04. The van der Waals surface area contributed by atoms with Crippen LogP contribution in [-0.4, -0.2) is 37.6 Å². The Labute approximate surface area is 175 Å². The summed E-state index contributed by atoms with van der Waals surface area (Å²) in [7, 11) is 0. The number of imide groups is 1. The number of anilines is 3. The Morgan fingerprint density at radius 2 is 2.07 bits per heavy atom. The van der Waals surface area contributed by atoms with Gasteiger partial charge >= 0.3 is 6.03 Å². The summed E-state index contributed by atoms with van der Waals surface area (Å²) in [5.41, 5.74) is 2.95. The second kappa shape index (κ2) is 6.99. The van der Waals surface area contributed by atoms with Crippen LogP contribution >= 0.6 is 11.6 Å². The van der Waals surface area contributed by atoms with Crippen LogP contribution in [0.4, 0.5) is 22.4 Å². The van der Waals surface area contributed by atoms with Crippen molar-refractivity contribution in [3.63, 3.8) is 0 Å². The van der Waals surface area contributed by atoms with Crippen LogP contribution in [0, 0.1) is 6.92 Å². The minimum Gasteiger partial charge on any atom is -0.351 e. The molecule has 2 fully saturated rings. The number of benzene rings is 1. The lowest BCUT2D eigenvalue weighted by Gasteiger charge is -2.12. The van der Waals surface area contributed by atoms with E-state index in [1.54, 1.807) is 16.8 Å². The molecule has 30 heavy (non-hydrogen) atoms. The summed E-state index contributed by atoms with van der Waals surface area (Å²) in [5, 5.41) is 16.1. The third-order valence-electron chi connectivity index (χ3n) is 4.77. The second-order valence-electron chi connectivity index (χ2n) is 7.18. The highest BCUT2D eigenvalue weighted by molar-refractivity contribution is 6.30. The van der Waals surface area contributed by atoms with Crippen molar-refractivity contribution in [3.8, 4) is 0 Å². The van der Waals surface area contributed by atoms with Crippen LogP contribution in [0.25, 0.3) is 11.7 Å². The van der Waals surface area contributed by atoms with E-state index in [9.17, 15) is 9.59 Å². The first-order chi connectivity index (χ1) is 14.5. The molecule has 1 aliphatic heterocycles. The van der Waals surface area contributed by atoms with Crippen molar-refractivity contribution < 1.29 is 9.59 Å². The Balaban J connectivity index is 1.59. The van der Waals surface area contributed by atoms with E-state index < -0.39 is 11.9 Å². The zero-order valence-corrected chi connectivity index (χ0v) is 16.6. The highest BCUT2D eigenvalue weighted by atomic mass is 35.5. The Morgan fingerprint density at radius 1 is 1.23 bits per heavy atom. The fourth-order valence-corrected chi connectivity index (χ4v) is 3.22. The van der Waals surface area contributed by atoms with Crippen molar-refractivity contribution in [2.24, 2.45) is 0 Å². The summed E-state index contributed by atoms with van der Waals surface area (Å²) in [4.78, 5) is 32.4. The van der Waals surface area contributed by atoms with Gasteiger partial charge in [-0.1, -0.05) is 17.7 Å². The number of aryl methyl sites for hydroxylation is 1. The van der Waals surface area contributed by atoms with E-state index in [2.05, 4.69) is 36.3 Å². The van der Waals surface area contributed by atoms with Crippen molar-refractivity contribution in [2.75, 3.05) is 10.6 Å². The van der Waals surface area contributed by atoms with Gasteiger partial charge in [0.1, 0.15) is 5.70 Å². The Bertz CT molecular complexity index is 1230. The number of nitrogens with one attached hydrogen (secondary N) is 4. The van der Waals surface area contributed by atoms with Gasteiger partial charge in [-0.3, -0.25) is 10.1 Å². The Hall–Kier alpha value is -3.66. The minimum atomic E-state index is -0.563. The molecule has 1 aromatic carbocycles. The van der Waals surface area contributed by atoms with Gasteiger partial charge in [-0.2, -0.15) is 19.6 Å². The van der Waals surface area contributed by atoms with Crippen LogP contribution in [0.1, 0.15) is 24.0 Å². The van der Waals surface area contributed by atoms with Gasteiger partial charge in [-0.25, -0.2) is 4.79 Å². The molecule has 152 valence electrons. The number of fused-ring (bicyclic) bond motifs is 1. The molecule has 0 atom stereocenters. The second-order valence-corrected chi connectivity index (χ2v) is 7.61. The molecule has 3 heterocycles. The van der Waals surface area contributed by atoms with E-state index in [4.69, 9.17) is 11.6 Å². The van der Waals surface area contributed by atoms with Gasteiger partial charge in [0.2, 0.25) is 11.9 Å². The Kier molecular flexibility index (Phi) is 4.28. The zero-order chi connectivity index (χ0) is 20.8. The summed E-state index contributed by atoms with van der Waals surface area (Å²) in [6.07, 6.45) is 5.23. The van der Waals surface area contributed by atoms with Crippen molar-refractivity contribution in [1.82, 2.24) is 30.2 Å². The molecule has 0 radical (unpaired) electrons. The first-order valence-electron chi connectivity index (χ1n) is 9.36. The van der Waals surface area contributed by atoms with E-state index in [1.165, 1.54) is 6.08 Å². The summed E-state index contributed by atoms with van der Waals surface area (Å²) in [5.74, 6) is 0.392. The third-order valence-corrected chi connectivity index (χ3v) is 5.01. The van der Waals surface area contributed by atoms with Gasteiger partial charge in [0.25, 0.3) is 5.91 Å². The molecule has 1 aliphatic carbocycles. The smallest absolute Gasteiger partial charge is 0.326 e. The molecule has 1 saturated carbocycles. The minimum absolute atomic E-state index is 0.130. The highest BCUT2D eigenvalue weighted by Crippen LogP contribution is 2.27. The third kappa shape index (κ3) is 3.52. The maximum absolute atomic E-state index is 11.9. The van der Waals surface area contributed by atoms with Crippen molar-refractivity contribution in [1.29, 1.82) is 0 Å². The SMILES string of the molecule is Cc1ccc(Cl)cc1Nc1nc(NC2CC2)n2ncc(/C=C3\NC(=O)NC3=O)c2n1. The van der Waals surface area contributed by atoms with Gasteiger partial charge in [0, 0.05) is 22.3 Å². The normalized spacial score (nSPS) is 17.3. The number of aromatic nitrogens is 4.